The van der Waals surface area contributed by atoms with Gasteiger partial charge >= 0.3 is 12.3 Å². The van der Waals surface area contributed by atoms with Gasteiger partial charge in [-0.2, -0.15) is 0 Å². The fourth-order valence-corrected chi connectivity index (χ4v) is 8.06. The van der Waals surface area contributed by atoms with Gasteiger partial charge in [0.25, 0.3) is 0 Å². The van der Waals surface area contributed by atoms with Gasteiger partial charge in [0, 0.05) is 32.6 Å². The molecule has 6 amide bonds. The first kappa shape index (κ1) is 47.2. The second kappa shape index (κ2) is 19.5. The molecule has 9 atom stereocenters. The monoisotopic (exact) mass is 880 g/mol. The molecule has 0 aromatic heterocycles. The molecular formula is C41H49F5N6O10. The number of aliphatic hydroxyl groups is 1. The molecule has 3 heterocycles. The molecule has 62 heavy (non-hydrogen) atoms. The van der Waals surface area contributed by atoms with Gasteiger partial charge in [-0.1, -0.05) is 19.1 Å². The van der Waals surface area contributed by atoms with E-state index in [1.165, 1.54) is 44.9 Å². The largest absolute Gasteiger partial charge is 0.573 e. The van der Waals surface area contributed by atoms with Crippen LogP contribution in [0.4, 0.5) is 22.0 Å². The van der Waals surface area contributed by atoms with Crippen molar-refractivity contribution in [2.45, 2.75) is 115 Å². The molecule has 0 unspecified atom stereocenters. The van der Waals surface area contributed by atoms with Crippen molar-refractivity contribution in [3.8, 4) is 5.75 Å². The average molecular weight is 881 g/mol. The fraction of sp³-hybridized carbons (Fsp3) is 0.537. The van der Waals surface area contributed by atoms with Crippen molar-refractivity contribution in [2.75, 3.05) is 20.1 Å². The lowest BCUT2D eigenvalue weighted by Crippen LogP contribution is -2.63. The van der Waals surface area contributed by atoms with Crippen molar-refractivity contribution in [3.63, 3.8) is 0 Å². The van der Waals surface area contributed by atoms with Gasteiger partial charge in [-0.3, -0.25) is 28.8 Å². The van der Waals surface area contributed by atoms with Gasteiger partial charge in [-0.05, 0) is 81.3 Å². The number of alkyl halides is 3. The summed E-state index contributed by atoms with van der Waals surface area (Å²) in [6.45, 7) is 5.79. The Labute approximate surface area is 353 Å². The molecule has 338 valence electrons. The van der Waals surface area contributed by atoms with E-state index in [2.05, 4.69) is 20.7 Å². The van der Waals surface area contributed by atoms with Gasteiger partial charge in [0.15, 0.2) is 0 Å². The summed E-state index contributed by atoms with van der Waals surface area (Å²) in [6.07, 6.45) is -8.44. The molecule has 3 aliphatic heterocycles. The third-order valence-corrected chi connectivity index (χ3v) is 11.0. The molecule has 4 N–H and O–H groups in total. The molecule has 2 aromatic carbocycles. The SMILES string of the molecule is C[C@H]1C[C@H]2C(=O)O[C@@H](C)[C@H](NC(=O)[C@H](Cc3cc(F)cc(F)c3)NC(=O)Cc3ccc(OC(F)(F)F)cc3)C(=O)N3CCC[C@H]3C(=O)N(C)[C@@H]([C@H](C)O)C(=O)N[C@@H](C)C(=O)N2C1. The van der Waals surface area contributed by atoms with E-state index in [1.807, 2.05) is 0 Å². The molecule has 0 bridgehead atoms. The topological polar surface area (TPSA) is 204 Å². The minimum Gasteiger partial charge on any atom is -0.458 e. The van der Waals surface area contributed by atoms with E-state index in [9.17, 15) is 60.6 Å². The summed E-state index contributed by atoms with van der Waals surface area (Å²) in [4.78, 5) is 101. The number of esters is 1. The van der Waals surface area contributed by atoms with Crippen molar-refractivity contribution in [3.05, 3.63) is 65.2 Å². The van der Waals surface area contributed by atoms with Crippen LogP contribution >= 0.6 is 0 Å². The summed E-state index contributed by atoms with van der Waals surface area (Å²) < 4.78 is 76.4. The zero-order chi connectivity index (χ0) is 45.8. The minimum atomic E-state index is -4.97. The number of hydrogen-bond acceptors (Lipinski definition) is 10. The van der Waals surface area contributed by atoms with Crippen LogP contribution in [0.2, 0.25) is 0 Å². The van der Waals surface area contributed by atoms with Gasteiger partial charge in [-0.15, -0.1) is 13.2 Å². The minimum absolute atomic E-state index is 0.0311. The van der Waals surface area contributed by atoms with E-state index in [1.54, 1.807) is 6.92 Å². The lowest BCUT2D eigenvalue weighted by atomic mass is 10.0. The van der Waals surface area contributed by atoms with Gasteiger partial charge in [0.05, 0.1) is 12.5 Å². The van der Waals surface area contributed by atoms with Crippen molar-refractivity contribution in [2.24, 2.45) is 5.92 Å². The Hall–Kier alpha value is -5.86. The van der Waals surface area contributed by atoms with Crippen LogP contribution in [0.1, 0.15) is 58.1 Å². The number of hydrogen-bond donors (Lipinski definition) is 4. The number of halogens is 5. The van der Waals surface area contributed by atoms with Crippen LogP contribution in [0.25, 0.3) is 0 Å². The quantitative estimate of drug-likeness (QED) is 0.211. The first-order chi connectivity index (χ1) is 29.0. The Kier molecular flexibility index (Phi) is 14.8. The van der Waals surface area contributed by atoms with Crippen LogP contribution in [0.15, 0.2) is 42.5 Å². The molecule has 16 nitrogen and oxygen atoms in total. The third-order valence-electron chi connectivity index (χ3n) is 11.0. The van der Waals surface area contributed by atoms with E-state index >= 15 is 0 Å². The second-order valence-corrected chi connectivity index (χ2v) is 16.0. The lowest BCUT2D eigenvalue weighted by molar-refractivity contribution is -0.274. The number of likely N-dealkylation sites (N-methyl/N-ethyl adjacent to an activating group) is 1. The second-order valence-electron chi connectivity index (χ2n) is 16.0. The molecule has 5 rings (SSSR count). The molecular weight excluding hydrogens is 831 g/mol. The van der Waals surface area contributed by atoms with Gasteiger partial charge in [0.1, 0.15) is 59.7 Å². The van der Waals surface area contributed by atoms with Crippen molar-refractivity contribution < 1.29 is 70.1 Å². The smallest absolute Gasteiger partial charge is 0.458 e. The van der Waals surface area contributed by atoms with Crippen LogP contribution in [0.3, 0.4) is 0 Å². The molecule has 21 heteroatoms. The van der Waals surface area contributed by atoms with E-state index in [4.69, 9.17) is 4.74 Å². The number of carbonyl (C=O) groups is 7. The molecule has 0 spiro atoms. The van der Waals surface area contributed by atoms with Crippen LogP contribution in [-0.2, 0) is 51.1 Å². The number of nitrogens with zero attached hydrogens (tertiary/aromatic N) is 3. The fourth-order valence-electron chi connectivity index (χ4n) is 8.06. The summed E-state index contributed by atoms with van der Waals surface area (Å²) in [5, 5.41) is 18.2. The zero-order valence-corrected chi connectivity index (χ0v) is 34.5. The zero-order valence-electron chi connectivity index (χ0n) is 34.5. The Bertz CT molecular complexity index is 2020. The maximum Gasteiger partial charge on any atom is 0.573 e. The van der Waals surface area contributed by atoms with Crippen LogP contribution < -0.4 is 20.7 Å². The highest BCUT2D eigenvalue weighted by molar-refractivity contribution is 5.98. The first-order valence-corrected chi connectivity index (χ1v) is 20.0. The van der Waals surface area contributed by atoms with Crippen molar-refractivity contribution in [1.82, 2.24) is 30.7 Å². The van der Waals surface area contributed by atoms with Gasteiger partial charge in [0.2, 0.25) is 35.4 Å². The van der Waals surface area contributed by atoms with Gasteiger partial charge in [-0.25, -0.2) is 13.6 Å². The van der Waals surface area contributed by atoms with Crippen LogP contribution in [0.5, 0.6) is 5.75 Å². The van der Waals surface area contributed by atoms with Crippen LogP contribution in [0, 0.1) is 17.6 Å². The molecule has 2 aromatic rings. The number of ether oxygens (including phenoxy) is 2. The Balaban J connectivity index is 1.49. The number of amides is 6. The molecule has 3 fully saturated rings. The van der Waals surface area contributed by atoms with E-state index in [0.29, 0.717) is 6.07 Å². The highest BCUT2D eigenvalue weighted by Gasteiger charge is 2.47. The van der Waals surface area contributed by atoms with Crippen molar-refractivity contribution >= 4 is 41.4 Å². The molecule has 3 saturated heterocycles. The van der Waals surface area contributed by atoms with Crippen LogP contribution in [-0.4, -0.2) is 136 Å². The summed E-state index contributed by atoms with van der Waals surface area (Å²) in [6, 6.07) is -1.92. The number of rotatable bonds is 9. The number of nitrogens with one attached hydrogen (secondary N) is 3. The van der Waals surface area contributed by atoms with Gasteiger partial charge < -0.3 is 45.2 Å². The number of cyclic esters (lactones) is 1. The Morgan fingerprint density at radius 2 is 1.58 bits per heavy atom. The first-order valence-electron chi connectivity index (χ1n) is 20.0. The van der Waals surface area contributed by atoms with E-state index < -0.39 is 126 Å². The summed E-state index contributed by atoms with van der Waals surface area (Å²) >= 11 is 0. The predicted molar refractivity (Wildman–Crippen MR) is 206 cm³/mol. The Morgan fingerprint density at radius 3 is 2.19 bits per heavy atom. The van der Waals surface area contributed by atoms with E-state index in [-0.39, 0.29) is 49.4 Å². The molecule has 3 aliphatic rings. The summed E-state index contributed by atoms with van der Waals surface area (Å²) in [5.41, 5.74) is 0.0917. The normalized spacial score (nSPS) is 26.3. The molecule has 0 saturated carbocycles. The summed E-state index contributed by atoms with van der Waals surface area (Å²) in [5.74, 6) is -8.91. The Morgan fingerprint density at radius 1 is 0.935 bits per heavy atom. The third kappa shape index (κ3) is 11.5. The molecule has 0 radical (unpaired) electrons. The molecule has 0 aliphatic carbocycles. The number of benzene rings is 2. The maximum absolute atomic E-state index is 14.6. The average Bonchev–Trinajstić information content (AvgIpc) is 3.82. The summed E-state index contributed by atoms with van der Waals surface area (Å²) in [7, 11) is 1.25. The highest BCUT2D eigenvalue weighted by atomic mass is 19.4. The number of fused-ring (bicyclic) bond motifs is 2. The highest BCUT2D eigenvalue weighted by Crippen LogP contribution is 2.28. The number of aliphatic hydroxyl groups excluding tert-OH is 1. The maximum atomic E-state index is 14.6. The lowest BCUT2D eigenvalue weighted by Gasteiger charge is -2.37. The number of carbonyl (C=O) groups excluding carboxylic acids is 7. The van der Waals surface area contributed by atoms with E-state index in [0.717, 1.165) is 34.1 Å². The standard InChI is InChI=1S/C41H49F5N6O10/c1-20-13-31-40(60)61-23(4)33(39(59)51-12-6-7-30(51)38(58)50(5)34(22(3)53)36(56)47-21(2)37(57)52(31)19-20)49-35(55)29(16-25-14-26(42)18-27(43)15-25)48-32(54)17-24-8-10-28(11-9-24)62-41(44,45)46/h8-11,14-15,18,20-23,29-31,33-34,53H,6-7,12-13,16-17,19H2,1-5H3,(H,47,56)(H,48,54)(H,49,55)/t20-,21-,22-,23-,29-,30-,31-,33-,34-/m0/s1. The van der Waals surface area contributed by atoms with Crippen molar-refractivity contribution in [1.29, 1.82) is 0 Å². The predicted octanol–water partition coefficient (Wildman–Crippen LogP) is 1.50.